The van der Waals surface area contributed by atoms with Crippen LogP contribution >= 0.6 is 22.9 Å². The third kappa shape index (κ3) is 5.95. The summed E-state index contributed by atoms with van der Waals surface area (Å²) in [4.78, 5) is 16.8. The first-order valence-corrected chi connectivity index (χ1v) is 14.8. The van der Waals surface area contributed by atoms with E-state index < -0.39 is 10.0 Å². The van der Waals surface area contributed by atoms with E-state index >= 15 is 0 Å². The van der Waals surface area contributed by atoms with Crippen LogP contribution in [-0.2, 0) is 21.2 Å². The Morgan fingerprint density at radius 2 is 1.86 bits per heavy atom. The quantitative estimate of drug-likeness (QED) is 0.330. The first-order chi connectivity index (χ1) is 17.8. The van der Waals surface area contributed by atoms with Crippen LogP contribution in [0.3, 0.4) is 0 Å². The number of sulfonamides is 1. The number of amides is 1. The van der Waals surface area contributed by atoms with Crippen molar-refractivity contribution < 1.29 is 22.7 Å². The van der Waals surface area contributed by atoms with Gasteiger partial charge in [-0.1, -0.05) is 30.7 Å². The highest BCUT2D eigenvalue weighted by Crippen LogP contribution is 2.35. The van der Waals surface area contributed by atoms with Gasteiger partial charge in [0, 0.05) is 22.5 Å². The summed E-state index contributed by atoms with van der Waals surface area (Å²) in [5, 5.41) is 2.47. The van der Waals surface area contributed by atoms with Gasteiger partial charge in [-0.3, -0.25) is 4.79 Å². The summed E-state index contributed by atoms with van der Waals surface area (Å²) in [5.74, 6) is 0.938. The molecular weight excluding hydrogens is 532 g/mol. The molecule has 0 saturated carbocycles. The lowest BCUT2D eigenvalue weighted by molar-refractivity contribution is -0.135. The van der Waals surface area contributed by atoms with Crippen molar-refractivity contribution in [3.8, 4) is 11.5 Å². The molecule has 0 unspecified atom stereocenters. The summed E-state index contributed by atoms with van der Waals surface area (Å²) in [7, 11) is -2.33. The van der Waals surface area contributed by atoms with E-state index in [4.69, 9.17) is 21.1 Å². The first-order valence-electron chi connectivity index (χ1n) is 12.1. The highest BCUT2D eigenvalue weighted by atomic mass is 35.5. The summed E-state index contributed by atoms with van der Waals surface area (Å²) in [5.41, 5.74) is 1.04. The third-order valence-electron chi connectivity index (χ3n) is 6.67. The van der Waals surface area contributed by atoms with Gasteiger partial charge in [-0.25, -0.2) is 8.42 Å². The van der Waals surface area contributed by atoms with Gasteiger partial charge in [0.1, 0.15) is 6.61 Å². The van der Waals surface area contributed by atoms with Crippen molar-refractivity contribution in [2.24, 2.45) is 0 Å². The van der Waals surface area contributed by atoms with Crippen LogP contribution in [0.4, 0.5) is 0 Å². The minimum absolute atomic E-state index is 0.111. The van der Waals surface area contributed by atoms with Crippen molar-refractivity contribution in [2.45, 2.75) is 43.7 Å². The van der Waals surface area contributed by atoms with E-state index in [9.17, 15) is 13.2 Å². The van der Waals surface area contributed by atoms with Crippen LogP contribution in [0.15, 0.2) is 64.9 Å². The normalized spacial score (nSPS) is 16.4. The van der Waals surface area contributed by atoms with Gasteiger partial charge < -0.3 is 14.4 Å². The number of carbonyl (C=O) groups excluding carboxylic acids is 1. The van der Waals surface area contributed by atoms with Crippen molar-refractivity contribution in [3.63, 3.8) is 0 Å². The van der Waals surface area contributed by atoms with Crippen molar-refractivity contribution in [3.05, 3.63) is 75.4 Å². The van der Waals surface area contributed by atoms with Crippen molar-refractivity contribution in [1.82, 2.24) is 9.21 Å². The number of hydrogen-bond acceptors (Lipinski definition) is 6. The van der Waals surface area contributed by atoms with Crippen LogP contribution in [0.25, 0.3) is 0 Å². The number of nitrogens with zero attached hydrogens (tertiary/aromatic N) is 2. The second kappa shape index (κ2) is 11.9. The molecule has 2 heterocycles. The second-order valence-electron chi connectivity index (χ2n) is 8.88. The molecule has 1 aliphatic rings. The molecule has 0 aliphatic carbocycles. The molecule has 0 saturated heterocycles. The van der Waals surface area contributed by atoms with E-state index in [2.05, 4.69) is 0 Å². The monoisotopic (exact) mass is 562 g/mol. The lowest BCUT2D eigenvalue weighted by Crippen LogP contribution is -2.49. The molecule has 4 rings (SSSR count). The fourth-order valence-corrected chi connectivity index (χ4v) is 7.14. The number of benzene rings is 2. The van der Waals surface area contributed by atoms with Crippen LogP contribution in [0.1, 0.15) is 36.8 Å². The fourth-order valence-electron chi connectivity index (χ4n) is 4.43. The molecule has 0 bridgehead atoms. The molecular formula is C27H31ClN2O5S2. The molecule has 10 heteroatoms. The largest absolute Gasteiger partial charge is 0.493 e. The Bertz CT molecular complexity index is 1330. The van der Waals surface area contributed by atoms with E-state index in [0.29, 0.717) is 29.5 Å². The highest BCUT2D eigenvalue weighted by Gasteiger charge is 2.36. The zero-order valence-electron chi connectivity index (χ0n) is 21.1. The van der Waals surface area contributed by atoms with Gasteiger partial charge in [-0.15, -0.1) is 11.3 Å². The van der Waals surface area contributed by atoms with Gasteiger partial charge in [-0.2, -0.15) is 4.31 Å². The fraction of sp³-hybridized carbons (Fsp3) is 0.370. The summed E-state index contributed by atoms with van der Waals surface area (Å²) in [6.07, 6.45) is 1.28. The minimum Gasteiger partial charge on any atom is -0.493 e. The Labute approximate surface area is 227 Å². The maximum absolute atomic E-state index is 13.8. The lowest BCUT2D eigenvalue weighted by Gasteiger charge is -2.37. The summed E-state index contributed by atoms with van der Waals surface area (Å²) >= 11 is 7.63. The van der Waals surface area contributed by atoms with Crippen LogP contribution in [0.5, 0.6) is 11.5 Å². The Morgan fingerprint density at radius 3 is 2.54 bits per heavy atom. The van der Waals surface area contributed by atoms with Gasteiger partial charge in [0.05, 0.1) is 24.6 Å². The zero-order valence-corrected chi connectivity index (χ0v) is 23.5. The number of thiophene rings is 1. The number of carbonyl (C=O) groups is 1. The van der Waals surface area contributed by atoms with E-state index in [0.717, 1.165) is 12.0 Å². The average Bonchev–Trinajstić information content (AvgIpc) is 3.39. The van der Waals surface area contributed by atoms with E-state index in [1.54, 1.807) is 35.5 Å². The topological polar surface area (TPSA) is 76.2 Å². The molecule has 7 nitrogen and oxygen atoms in total. The van der Waals surface area contributed by atoms with Crippen molar-refractivity contribution in [2.75, 3.05) is 26.8 Å². The molecule has 0 spiro atoms. The standard InChI is InChI=1S/C27H31ClN2O5S2/c1-4-19(2)30(37(32,33)21-11-9-20(28)10-12-21)17-27(31)29-15-13-26-22(14-16-36-26)23(29)18-35-25-8-6-5-7-24(25)34-3/h5-12,14,16,19,23H,4,13,15,17-18H2,1-3H3/t19-,23+/m1/s1. The van der Waals surface area contributed by atoms with E-state index in [1.807, 2.05) is 49.6 Å². The van der Waals surface area contributed by atoms with Crippen LogP contribution in [0, 0.1) is 0 Å². The Hall–Kier alpha value is -2.59. The van der Waals surface area contributed by atoms with E-state index in [1.165, 1.54) is 21.3 Å². The highest BCUT2D eigenvalue weighted by molar-refractivity contribution is 7.89. The van der Waals surface area contributed by atoms with Crippen LogP contribution < -0.4 is 9.47 Å². The number of halogens is 1. The molecule has 2 aromatic carbocycles. The van der Waals surface area contributed by atoms with Crippen molar-refractivity contribution in [1.29, 1.82) is 0 Å². The molecule has 37 heavy (non-hydrogen) atoms. The number of ether oxygens (including phenoxy) is 2. The van der Waals surface area contributed by atoms with Gasteiger partial charge in [0.2, 0.25) is 15.9 Å². The lowest BCUT2D eigenvalue weighted by atomic mass is 10.0. The predicted octanol–water partition coefficient (Wildman–Crippen LogP) is 5.40. The molecule has 1 amide bonds. The number of fused-ring (bicyclic) bond motifs is 1. The van der Waals surface area contributed by atoms with Gasteiger partial charge in [0.25, 0.3) is 0 Å². The summed E-state index contributed by atoms with van der Waals surface area (Å²) in [6, 6.07) is 14.7. The molecule has 1 aromatic heterocycles. The molecule has 0 fully saturated rings. The van der Waals surface area contributed by atoms with Gasteiger partial charge >= 0.3 is 0 Å². The molecule has 2 atom stereocenters. The zero-order chi connectivity index (χ0) is 26.6. The van der Waals surface area contributed by atoms with Crippen molar-refractivity contribution >= 4 is 38.9 Å². The van der Waals surface area contributed by atoms with Crippen LogP contribution in [-0.4, -0.2) is 56.4 Å². The van der Waals surface area contributed by atoms with Gasteiger partial charge in [-0.05, 0) is 73.2 Å². The maximum Gasteiger partial charge on any atom is 0.243 e. The molecule has 3 aromatic rings. The number of methoxy groups -OCH3 is 1. The van der Waals surface area contributed by atoms with Gasteiger partial charge in [0.15, 0.2) is 11.5 Å². The van der Waals surface area contributed by atoms with Crippen LogP contribution in [0.2, 0.25) is 5.02 Å². The maximum atomic E-state index is 13.8. The second-order valence-corrected chi connectivity index (χ2v) is 12.2. The first kappa shape index (κ1) is 27.4. The minimum atomic E-state index is -3.91. The third-order valence-corrected chi connectivity index (χ3v) is 9.90. The number of para-hydroxylation sites is 2. The summed E-state index contributed by atoms with van der Waals surface area (Å²) in [6.45, 7) is 4.17. The number of hydrogen-bond donors (Lipinski definition) is 0. The summed E-state index contributed by atoms with van der Waals surface area (Å²) < 4.78 is 40.0. The Kier molecular flexibility index (Phi) is 8.79. The Balaban J connectivity index is 1.60. The SMILES string of the molecule is CC[C@@H](C)N(CC(=O)N1CCc2sccc2[C@@H]1COc1ccccc1OC)S(=O)(=O)c1ccc(Cl)cc1. The molecule has 198 valence electrons. The molecule has 0 N–H and O–H groups in total. The average molecular weight is 563 g/mol. The van der Waals surface area contributed by atoms with E-state index in [-0.39, 0.29) is 36.0 Å². The molecule has 1 aliphatic heterocycles. The smallest absolute Gasteiger partial charge is 0.243 e. The predicted molar refractivity (Wildman–Crippen MR) is 146 cm³/mol. The molecule has 0 radical (unpaired) electrons. The number of rotatable bonds is 10. The Morgan fingerprint density at radius 1 is 1.16 bits per heavy atom.